The minimum atomic E-state index is -3.76. The molecule has 1 aromatic carbocycles. The van der Waals surface area contributed by atoms with Crippen molar-refractivity contribution in [2.24, 2.45) is 5.73 Å². The molecular weight excluding hydrogens is 278 g/mol. The zero-order valence-electron chi connectivity index (χ0n) is 10.9. The lowest BCUT2D eigenvalue weighted by Crippen LogP contribution is -2.17. The highest BCUT2D eigenvalue weighted by Crippen LogP contribution is 2.26. The van der Waals surface area contributed by atoms with Gasteiger partial charge in [-0.15, -0.1) is 0 Å². The van der Waals surface area contributed by atoms with E-state index in [4.69, 9.17) is 10.5 Å². The second-order valence-corrected chi connectivity index (χ2v) is 5.61. The van der Waals surface area contributed by atoms with Crippen LogP contribution in [0.5, 0.6) is 5.75 Å². The van der Waals surface area contributed by atoms with Gasteiger partial charge in [0.1, 0.15) is 10.6 Å². The van der Waals surface area contributed by atoms with Crippen molar-refractivity contribution in [3.8, 4) is 5.75 Å². The monoisotopic (exact) mass is 293 g/mol. The molecule has 0 saturated carbocycles. The molecule has 2 aromatic rings. The van der Waals surface area contributed by atoms with Crippen LogP contribution < -0.4 is 15.2 Å². The molecule has 0 aliphatic carbocycles. The minimum absolute atomic E-state index is 0.0447. The predicted molar refractivity (Wildman–Crippen MR) is 75.9 cm³/mol. The number of nitrogens with one attached hydrogen (secondary N) is 1. The number of nitrogens with zero attached hydrogens (tertiary/aromatic N) is 1. The van der Waals surface area contributed by atoms with E-state index in [2.05, 4.69) is 9.71 Å². The van der Waals surface area contributed by atoms with Gasteiger partial charge in [0.2, 0.25) is 0 Å². The van der Waals surface area contributed by atoms with Gasteiger partial charge in [-0.1, -0.05) is 12.1 Å². The van der Waals surface area contributed by atoms with Crippen molar-refractivity contribution in [1.29, 1.82) is 0 Å². The summed E-state index contributed by atoms with van der Waals surface area (Å²) in [4.78, 5) is 4.04. The molecule has 1 heterocycles. The molecule has 6 nitrogen and oxygen atoms in total. The number of rotatable bonds is 5. The van der Waals surface area contributed by atoms with E-state index in [9.17, 15) is 8.42 Å². The van der Waals surface area contributed by atoms with Crippen molar-refractivity contribution in [2.45, 2.75) is 11.4 Å². The summed E-state index contributed by atoms with van der Waals surface area (Å²) in [5.74, 6) is 0.439. The summed E-state index contributed by atoms with van der Waals surface area (Å²) in [6.45, 7) is 0.0447. The third kappa shape index (κ3) is 2.89. The number of hydrogen-bond acceptors (Lipinski definition) is 5. The lowest BCUT2D eigenvalue weighted by Gasteiger charge is -2.13. The summed E-state index contributed by atoms with van der Waals surface area (Å²) >= 11 is 0. The molecule has 0 unspecified atom stereocenters. The van der Waals surface area contributed by atoms with Gasteiger partial charge in [0.05, 0.1) is 18.5 Å². The number of nitrogens with two attached hydrogens (primary N) is 1. The molecule has 0 fully saturated rings. The first-order chi connectivity index (χ1) is 9.58. The quantitative estimate of drug-likeness (QED) is 0.867. The van der Waals surface area contributed by atoms with Crippen LogP contribution in [0.15, 0.2) is 47.5 Å². The maximum absolute atomic E-state index is 12.4. The summed E-state index contributed by atoms with van der Waals surface area (Å²) in [5.41, 5.74) is 6.19. The topological polar surface area (TPSA) is 94.3 Å². The van der Waals surface area contributed by atoms with Gasteiger partial charge in [0.25, 0.3) is 10.0 Å². The van der Waals surface area contributed by atoms with Gasteiger partial charge in [-0.2, -0.15) is 0 Å². The molecule has 7 heteroatoms. The average molecular weight is 293 g/mol. The molecule has 0 aliphatic heterocycles. The fraction of sp³-hybridized carbons (Fsp3) is 0.154. The van der Waals surface area contributed by atoms with Crippen molar-refractivity contribution in [2.75, 3.05) is 11.8 Å². The Morgan fingerprint density at radius 2 is 2.00 bits per heavy atom. The lowest BCUT2D eigenvalue weighted by molar-refractivity contribution is 0.417. The molecule has 1 aromatic heterocycles. The van der Waals surface area contributed by atoms with E-state index in [0.717, 1.165) is 0 Å². The Kier molecular flexibility index (Phi) is 4.21. The lowest BCUT2D eigenvalue weighted by atomic mass is 10.3. The Labute approximate surface area is 117 Å². The maximum Gasteiger partial charge on any atom is 0.263 e. The third-order valence-electron chi connectivity index (χ3n) is 2.68. The standard InChI is InChI=1S/C13H15N3O3S/c1-19-12-6-3-2-5-10(12)16-20(17,18)13-7-4-8-15-11(13)9-14/h2-8,16H,9,14H2,1H3. The van der Waals surface area contributed by atoms with Crippen LogP contribution in [-0.4, -0.2) is 20.5 Å². The van der Waals surface area contributed by atoms with E-state index in [1.165, 1.54) is 19.4 Å². The molecule has 0 radical (unpaired) electrons. The van der Waals surface area contributed by atoms with Gasteiger partial charge in [0.15, 0.2) is 0 Å². The van der Waals surface area contributed by atoms with Crippen molar-refractivity contribution in [3.63, 3.8) is 0 Å². The minimum Gasteiger partial charge on any atom is -0.495 e. The highest BCUT2D eigenvalue weighted by Gasteiger charge is 2.19. The number of ether oxygens (including phenoxy) is 1. The van der Waals surface area contributed by atoms with Gasteiger partial charge in [-0.3, -0.25) is 9.71 Å². The van der Waals surface area contributed by atoms with Crippen LogP contribution in [-0.2, 0) is 16.6 Å². The SMILES string of the molecule is COc1ccccc1NS(=O)(=O)c1cccnc1CN. The average Bonchev–Trinajstić information content (AvgIpc) is 2.47. The van der Waals surface area contributed by atoms with Gasteiger partial charge in [-0.05, 0) is 24.3 Å². The van der Waals surface area contributed by atoms with Crippen LogP contribution in [0.2, 0.25) is 0 Å². The summed E-state index contributed by atoms with van der Waals surface area (Å²) < 4.78 is 32.4. The number of hydrogen-bond donors (Lipinski definition) is 2. The second-order valence-electron chi connectivity index (χ2n) is 3.96. The van der Waals surface area contributed by atoms with Crippen LogP contribution >= 0.6 is 0 Å². The summed E-state index contributed by atoms with van der Waals surface area (Å²) in [6, 6.07) is 9.78. The van der Waals surface area contributed by atoms with Gasteiger partial charge in [-0.25, -0.2) is 8.42 Å². The largest absolute Gasteiger partial charge is 0.495 e. The van der Waals surface area contributed by atoms with Gasteiger partial charge in [0, 0.05) is 12.7 Å². The van der Waals surface area contributed by atoms with Gasteiger partial charge >= 0.3 is 0 Å². The molecule has 0 aliphatic rings. The Balaban J connectivity index is 2.41. The van der Waals surface area contributed by atoms with E-state index in [-0.39, 0.29) is 11.4 Å². The number of sulfonamides is 1. The molecular formula is C13H15N3O3S. The fourth-order valence-corrected chi connectivity index (χ4v) is 3.02. The third-order valence-corrected chi connectivity index (χ3v) is 4.12. The van der Waals surface area contributed by atoms with Crippen LogP contribution in [0.25, 0.3) is 0 Å². The van der Waals surface area contributed by atoms with E-state index in [1.807, 2.05) is 0 Å². The highest BCUT2D eigenvalue weighted by atomic mass is 32.2. The normalized spacial score (nSPS) is 11.1. The Morgan fingerprint density at radius 3 is 2.70 bits per heavy atom. The fourth-order valence-electron chi connectivity index (χ4n) is 1.75. The molecule has 0 saturated heterocycles. The molecule has 0 bridgehead atoms. The second kappa shape index (κ2) is 5.89. The smallest absolute Gasteiger partial charge is 0.263 e. The Bertz CT molecular complexity index is 702. The first-order valence-electron chi connectivity index (χ1n) is 5.88. The predicted octanol–water partition coefficient (Wildman–Crippen LogP) is 1.35. The highest BCUT2D eigenvalue weighted by molar-refractivity contribution is 7.92. The number of pyridine rings is 1. The number of methoxy groups -OCH3 is 1. The summed E-state index contributed by atoms with van der Waals surface area (Å²) in [5, 5.41) is 0. The van der Waals surface area contributed by atoms with Crippen LogP contribution in [0.1, 0.15) is 5.69 Å². The molecule has 0 atom stereocenters. The number of benzene rings is 1. The molecule has 20 heavy (non-hydrogen) atoms. The summed E-state index contributed by atoms with van der Waals surface area (Å²) in [7, 11) is -2.29. The van der Waals surface area contributed by atoms with Crippen molar-refractivity contribution in [1.82, 2.24) is 4.98 Å². The number of para-hydroxylation sites is 2. The first-order valence-corrected chi connectivity index (χ1v) is 7.36. The molecule has 0 spiro atoms. The van der Waals surface area contributed by atoms with Crippen LogP contribution in [0.3, 0.4) is 0 Å². The van der Waals surface area contributed by atoms with E-state index < -0.39 is 10.0 Å². The summed E-state index contributed by atoms with van der Waals surface area (Å²) in [6.07, 6.45) is 1.50. The molecule has 2 rings (SSSR count). The van der Waals surface area contributed by atoms with E-state index in [1.54, 1.807) is 30.3 Å². The molecule has 3 N–H and O–H groups in total. The zero-order valence-corrected chi connectivity index (χ0v) is 11.7. The van der Waals surface area contributed by atoms with E-state index in [0.29, 0.717) is 17.1 Å². The van der Waals surface area contributed by atoms with Crippen LogP contribution in [0.4, 0.5) is 5.69 Å². The van der Waals surface area contributed by atoms with Crippen LogP contribution in [0, 0.1) is 0 Å². The van der Waals surface area contributed by atoms with Gasteiger partial charge < -0.3 is 10.5 Å². The van der Waals surface area contributed by atoms with Crippen molar-refractivity contribution < 1.29 is 13.2 Å². The maximum atomic E-state index is 12.4. The Hall–Kier alpha value is -2.12. The first kappa shape index (κ1) is 14.3. The van der Waals surface area contributed by atoms with Crippen molar-refractivity contribution >= 4 is 15.7 Å². The number of anilines is 1. The molecule has 0 amide bonds. The molecule has 106 valence electrons. The number of aromatic nitrogens is 1. The Morgan fingerprint density at radius 1 is 1.25 bits per heavy atom. The van der Waals surface area contributed by atoms with Crippen molar-refractivity contribution in [3.05, 3.63) is 48.3 Å². The van der Waals surface area contributed by atoms with E-state index >= 15 is 0 Å². The zero-order chi connectivity index (χ0) is 14.6.